The summed E-state index contributed by atoms with van der Waals surface area (Å²) in [6.07, 6.45) is 0.747. The summed E-state index contributed by atoms with van der Waals surface area (Å²) in [5.74, 6) is 0.287. The van der Waals surface area contributed by atoms with Gasteiger partial charge in [-0.05, 0) is 50.2 Å². The van der Waals surface area contributed by atoms with Crippen LogP contribution in [0.3, 0.4) is 0 Å². The molecule has 1 amide bonds. The van der Waals surface area contributed by atoms with Gasteiger partial charge in [0.05, 0.1) is 34.2 Å². The van der Waals surface area contributed by atoms with Crippen LogP contribution in [0.25, 0.3) is 5.69 Å². The number of amides is 1. The number of nitrogens with zero attached hydrogens (tertiary/aromatic N) is 2. The Morgan fingerprint density at radius 2 is 1.88 bits per heavy atom. The highest BCUT2D eigenvalue weighted by Gasteiger charge is 2.23. The predicted molar refractivity (Wildman–Crippen MR) is 131 cm³/mol. The number of anilines is 1. The molecule has 1 aliphatic heterocycles. The van der Waals surface area contributed by atoms with Crippen molar-refractivity contribution < 1.29 is 14.3 Å². The van der Waals surface area contributed by atoms with Gasteiger partial charge in [0.1, 0.15) is 0 Å². The number of hydrogen-bond acceptors (Lipinski definition) is 7. The van der Waals surface area contributed by atoms with Gasteiger partial charge in [0.15, 0.2) is 5.16 Å². The van der Waals surface area contributed by atoms with Crippen molar-refractivity contribution in [2.45, 2.75) is 30.3 Å². The molecule has 0 atom stereocenters. The van der Waals surface area contributed by atoms with E-state index < -0.39 is 5.97 Å². The highest BCUT2D eigenvalue weighted by molar-refractivity contribution is 8.00. The molecule has 0 spiro atoms. The van der Waals surface area contributed by atoms with Crippen molar-refractivity contribution in [3.63, 3.8) is 0 Å². The van der Waals surface area contributed by atoms with Gasteiger partial charge < -0.3 is 10.1 Å². The first-order valence-electron chi connectivity index (χ1n) is 10.5. The van der Waals surface area contributed by atoms with Crippen LogP contribution in [0.4, 0.5) is 5.69 Å². The van der Waals surface area contributed by atoms with Gasteiger partial charge in [-0.15, -0.1) is 11.8 Å². The fourth-order valence-electron chi connectivity index (χ4n) is 3.34. The number of hydrogen-bond donors (Lipinski definition) is 1. The summed E-state index contributed by atoms with van der Waals surface area (Å²) >= 11 is 2.75. The van der Waals surface area contributed by atoms with E-state index >= 15 is 0 Å². The zero-order valence-corrected chi connectivity index (χ0v) is 19.9. The second kappa shape index (κ2) is 10.3. The lowest BCUT2D eigenvalue weighted by Crippen LogP contribution is -2.24. The van der Waals surface area contributed by atoms with Crippen molar-refractivity contribution in [3.8, 4) is 5.69 Å². The van der Waals surface area contributed by atoms with E-state index in [1.165, 1.54) is 23.5 Å². The molecule has 3 aromatic rings. The minimum absolute atomic E-state index is 0.0872. The third-order valence-corrected chi connectivity index (χ3v) is 7.02. The minimum Gasteiger partial charge on any atom is -0.462 e. The molecule has 0 aliphatic carbocycles. The van der Waals surface area contributed by atoms with Gasteiger partial charge in [-0.2, -0.15) is 0 Å². The molecule has 2 heterocycles. The first-order chi connectivity index (χ1) is 16.0. The van der Waals surface area contributed by atoms with Crippen LogP contribution >= 0.6 is 23.5 Å². The number of benzene rings is 2. The first-order valence-corrected chi connectivity index (χ1v) is 12.5. The lowest BCUT2D eigenvalue weighted by Gasteiger charge is -2.14. The Bertz CT molecular complexity index is 1240. The summed E-state index contributed by atoms with van der Waals surface area (Å²) in [7, 11) is 0. The number of aryl methyl sites for hydroxylation is 2. The largest absolute Gasteiger partial charge is 0.462 e. The molecule has 0 saturated carbocycles. The number of fused-ring (bicyclic) bond motifs is 1. The number of esters is 1. The Labute approximate surface area is 200 Å². The Morgan fingerprint density at radius 3 is 2.58 bits per heavy atom. The number of aromatic nitrogens is 2. The van der Waals surface area contributed by atoms with E-state index in [2.05, 4.69) is 5.32 Å². The number of carbonyl (C=O) groups excluding carboxylic acids is 2. The van der Waals surface area contributed by atoms with Crippen LogP contribution in [-0.2, 0) is 16.0 Å². The van der Waals surface area contributed by atoms with E-state index in [0.29, 0.717) is 27.9 Å². The first kappa shape index (κ1) is 23.1. The maximum atomic E-state index is 13.2. The quantitative estimate of drug-likeness (QED) is 0.309. The van der Waals surface area contributed by atoms with E-state index in [1.807, 2.05) is 31.2 Å². The Balaban J connectivity index is 1.50. The number of nitrogens with one attached hydrogen (secondary N) is 1. The van der Waals surface area contributed by atoms with Crippen molar-refractivity contribution in [1.82, 2.24) is 9.55 Å². The molecule has 170 valence electrons. The second-order valence-electron chi connectivity index (χ2n) is 7.38. The topological polar surface area (TPSA) is 90.3 Å². The summed E-state index contributed by atoms with van der Waals surface area (Å²) in [6, 6.07) is 14.2. The molecule has 9 heteroatoms. The average molecular weight is 482 g/mol. The van der Waals surface area contributed by atoms with Gasteiger partial charge in [-0.3, -0.25) is 14.2 Å². The van der Waals surface area contributed by atoms with Crippen molar-refractivity contribution in [2.24, 2.45) is 0 Å². The van der Waals surface area contributed by atoms with Crippen LogP contribution in [0.1, 0.15) is 28.5 Å². The molecule has 0 radical (unpaired) electrons. The molecular formula is C24H23N3O4S2. The molecule has 0 unspecified atom stereocenters. The number of ether oxygens (including phenoxy) is 1. The van der Waals surface area contributed by atoms with Crippen molar-refractivity contribution >= 4 is 41.1 Å². The van der Waals surface area contributed by atoms with Crippen LogP contribution < -0.4 is 10.9 Å². The Morgan fingerprint density at radius 1 is 1.15 bits per heavy atom. The molecule has 7 nitrogen and oxygen atoms in total. The van der Waals surface area contributed by atoms with Gasteiger partial charge in [-0.1, -0.05) is 29.5 Å². The van der Waals surface area contributed by atoms with Crippen molar-refractivity contribution in [2.75, 3.05) is 23.4 Å². The smallest absolute Gasteiger partial charge is 0.338 e. The third kappa shape index (κ3) is 5.31. The van der Waals surface area contributed by atoms with Gasteiger partial charge in [-0.25, -0.2) is 9.78 Å². The van der Waals surface area contributed by atoms with E-state index in [-0.39, 0.29) is 17.2 Å². The highest BCUT2D eigenvalue weighted by atomic mass is 32.2. The van der Waals surface area contributed by atoms with E-state index in [4.69, 9.17) is 9.72 Å². The maximum Gasteiger partial charge on any atom is 0.338 e. The summed E-state index contributed by atoms with van der Waals surface area (Å²) < 4.78 is 6.55. The molecule has 2 aromatic carbocycles. The highest BCUT2D eigenvalue weighted by Crippen LogP contribution is 2.30. The van der Waals surface area contributed by atoms with Crippen LogP contribution in [0, 0.1) is 6.92 Å². The molecule has 33 heavy (non-hydrogen) atoms. The lowest BCUT2D eigenvalue weighted by molar-refractivity contribution is -0.113. The SMILES string of the molecule is CCOC(=O)c1ccc(NC(=O)CSc2nc3c(c(=O)n2-c2ccc(C)cc2)SCC3)cc1. The molecule has 1 aliphatic rings. The van der Waals surface area contributed by atoms with Crippen LogP contribution in [0.5, 0.6) is 0 Å². The van der Waals surface area contributed by atoms with Crippen LogP contribution in [-0.4, -0.2) is 39.5 Å². The summed E-state index contributed by atoms with van der Waals surface area (Å²) in [4.78, 5) is 42.9. The molecule has 1 N–H and O–H groups in total. The van der Waals surface area contributed by atoms with Gasteiger partial charge in [0.2, 0.25) is 5.91 Å². The third-order valence-electron chi connectivity index (χ3n) is 4.97. The zero-order valence-electron chi connectivity index (χ0n) is 18.3. The summed E-state index contributed by atoms with van der Waals surface area (Å²) in [5.41, 5.74) is 3.52. The van der Waals surface area contributed by atoms with Crippen LogP contribution in [0.15, 0.2) is 63.4 Å². The zero-order chi connectivity index (χ0) is 23.4. The normalized spacial score (nSPS) is 12.3. The maximum absolute atomic E-state index is 13.2. The fraction of sp³-hybridized carbons (Fsp3) is 0.250. The van der Waals surface area contributed by atoms with Crippen molar-refractivity contribution in [3.05, 3.63) is 75.7 Å². The Hall–Kier alpha value is -3.04. The standard InChI is InChI=1S/C24H23N3O4S2/c1-3-31-23(30)16-6-8-17(9-7-16)25-20(28)14-33-24-26-19-12-13-32-21(19)22(29)27(24)18-10-4-15(2)5-11-18/h4-11H,3,12-14H2,1-2H3,(H,25,28). The molecule has 0 bridgehead atoms. The van der Waals surface area contributed by atoms with Gasteiger partial charge in [0, 0.05) is 17.9 Å². The number of rotatable bonds is 7. The van der Waals surface area contributed by atoms with Gasteiger partial charge >= 0.3 is 5.97 Å². The molecule has 0 fully saturated rings. The molecule has 0 saturated heterocycles. The Kier molecular flexibility index (Phi) is 7.20. The fourth-order valence-corrected chi connectivity index (χ4v) is 5.20. The minimum atomic E-state index is -0.402. The number of thioether (sulfide) groups is 2. The number of carbonyl (C=O) groups is 2. The second-order valence-corrected chi connectivity index (χ2v) is 9.43. The molecule has 4 rings (SSSR count). The summed E-state index contributed by atoms with van der Waals surface area (Å²) in [5, 5.41) is 3.31. The monoisotopic (exact) mass is 481 g/mol. The molecular weight excluding hydrogens is 458 g/mol. The molecule has 1 aromatic heterocycles. The van der Waals surface area contributed by atoms with E-state index in [0.717, 1.165) is 29.1 Å². The van der Waals surface area contributed by atoms with E-state index in [9.17, 15) is 14.4 Å². The average Bonchev–Trinajstić information content (AvgIpc) is 3.28. The summed E-state index contributed by atoms with van der Waals surface area (Å²) in [6.45, 7) is 4.04. The van der Waals surface area contributed by atoms with Crippen molar-refractivity contribution in [1.29, 1.82) is 0 Å². The van der Waals surface area contributed by atoms with Gasteiger partial charge in [0.25, 0.3) is 5.56 Å². The lowest BCUT2D eigenvalue weighted by atomic mass is 10.2. The van der Waals surface area contributed by atoms with Crippen LogP contribution in [0.2, 0.25) is 0 Å². The predicted octanol–water partition coefficient (Wildman–Crippen LogP) is 4.10. The van der Waals surface area contributed by atoms with E-state index in [1.54, 1.807) is 35.8 Å².